The Morgan fingerprint density at radius 2 is 0.977 bits per heavy atom. The number of carbonyl (C=O) groups is 8. The number of fused-ring (bicyclic) bond motifs is 8. The molecule has 2 aromatic heterocycles. The van der Waals surface area contributed by atoms with Gasteiger partial charge in [0, 0.05) is 123 Å². The van der Waals surface area contributed by atoms with E-state index in [4.69, 9.17) is 76.8 Å². The molecule has 692 valence electrons. The van der Waals surface area contributed by atoms with Gasteiger partial charge in [-0.2, -0.15) is 0 Å². The van der Waals surface area contributed by atoms with E-state index in [1.165, 1.54) is 12.8 Å². The van der Waals surface area contributed by atoms with Crippen LogP contribution in [0, 0.1) is 65.1 Å². The number of nitrogens with zero attached hydrogens (tertiary/aromatic N) is 6. The van der Waals surface area contributed by atoms with Crippen molar-refractivity contribution in [3.8, 4) is 23.0 Å². The Labute approximate surface area is 759 Å². The molecule has 5 saturated heterocycles. The number of nitrogens with two attached hydrogens (primary N) is 1. The summed E-state index contributed by atoms with van der Waals surface area (Å²) in [6.45, 7) is 11.0. The number of esters is 2. The van der Waals surface area contributed by atoms with Crippen molar-refractivity contribution >= 4 is 102 Å². The molecule has 27 nitrogen and oxygen atoms in total. The zero-order chi connectivity index (χ0) is 89.1. The Hall–Kier alpha value is -8.09. The number of aryl methyl sites for hydroxylation is 1. The highest BCUT2D eigenvalue weighted by Gasteiger charge is 2.63. The molecule has 8 heterocycles. The van der Waals surface area contributed by atoms with Gasteiger partial charge in [-0.3, -0.25) is 58.1 Å². The highest BCUT2D eigenvalue weighted by molar-refractivity contribution is 7.91. The van der Waals surface area contributed by atoms with Crippen molar-refractivity contribution in [3.63, 3.8) is 0 Å². The number of amides is 2. The molecule has 14 atom stereocenters. The third-order valence-corrected chi connectivity index (χ3v) is 32.1. The Kier molecular flexibility index (Phi) is 28.8. The highest BCUT2D eigenvalue weighted by Crippen LogP contribution is 2.60. The number of rotatable bonds is 24. The number of carbonyl (C=O) groups excluding carboxylic acids is 6. The number of sulfone groups is 1. The molecule has 3 aromatic carbocycles. The summed E-state index contributed by atoms with van der Waals surface area (Å²) in [5.41, 5.74) is 6.80. The molecule has 0 bridgehead atoms. The molecule has 13 fully saturated rings. The van der Waals surface area contributed by atoms with Gasteiger partial charge in [0.1, 0.15) is 76.5 Å². The van der Waals surface area contributed by atoms with Gasteiger partial charge in [0.2, 0.25) is 11.8 Å². The number of ketones is 2. The molecule has 4 unspecified atom stereocenters. The minimum atomic E-state index is -3.24. The van der Waals surface area contributed by atoms with Crippen molar-refractivity contribution in [1.29, 1.82) is 0 Å². The molecule has 0 radical (unpaired) electrons. The van der Waals surface area contributed by atoms with Gasteiger partial charge in [-0.05, 0) is 188 Å². The number of carboxylic acid groups (broad SMARTS) is 2. The second kappa shape index (κ2) is 40.2. The number of aromatic nitrogens is 2. The smallest absolute Gasteiger partial charge is 0.310 e. The van der Waals surface area contributed by atoms with E-state index in [1.807, 2.05) is 55.5 Å². The molecule has 4 N–H and O–H groups in total. The molecule has 30 heteroatoms. The number of aliphatic carboxylic acids is 2. The molecule has 128 heavy (non-hydrogen) atoms. The maximum Gasteiger partial charge on any atom is 0.310 e. The van der Waals surface area contributed by atoms with Crippen LogP contribution in [0.4, 0.5) is 0 Å². The number of hydrogen-bond donors (Lipinski definition) is 3. The topological polar surface area (TPSA) is 350 Å². The summed E-state index contributed by atoms with van der Waals surface area (Å²) in [5.74, 6) is -0.0183. The van der Waals surface area contributed by atoms with Crippen LogP contribution in [0.15, 0.2) is 77.7 Å². The molecule has 8 aliphatic carbocycles. The van der Waals surface area contributed by atoms with Crippen LogP contribution in [0.2, 0.25) is 10.0 Å². The van der Waals surface area contributed by atoms with Crippen molar-refractivity contribution in [2.75, 3.05) is 97.9 Å². The standard InChI is InChI=1S/C45H58ClN3O9.C45H56ClN3O9.C8H11NO2S/c2*46-41-38(56-17-14-48-12-15-55-16-13-48)11-10-34-39(23-35(27-8-9-27)47-42(34)41)57-33-22-36-37(50)25-45(44(53)54)24-31(45)7-5-3-1-2-4-6-28(43(52)49(36)26-33)21-40(51)58-32-19-29-18-30(29)20-32;1-7-2-4-8(5-3-7)12(10,11)6-9/h10-11,23,27-33,36H,1-9,12-22,24-26H2,(H,53,54);5,7,10-11,23,27-33,36H,1-4,6,8-9,12-22,24-26H2,(H,53,54);2-5H,6,9H2,1H3/b;7-5-;/t2*28-,29?,30?,31-,32?,33-,36+,45-;/m11./s1. The predicted octanol–water partition coefficient (Wildman–Crippen LogP) is 14.4. The summed E-state index contributed by atoms with van der Waals surface area (Å²) in [5, 5.41) is 23.0. The van der Waals surface area contributed by atoms with E-state index in [1.54, 1.807) is 34.1 Å². The number of morpholine rings is 2. The fourth-order valence-electron chi connectivity index (χ4n) is 21.5. The van der Waals surface area contributed by atoms with Crippen LogP contribution >= 0.6 is 23.2 Å². The fraction of sp³-hybridized carbons (Fsp3) is 0.653. The van der Waals surface area contributed by atoms with Crippen LogP contribution in [0.5, 0.6) is 23.0 Å². The van der Waals surface area contributed by atoms with Gasteiger partial charge in [-0.15, -0.1) is 0 Å². The third-order valence-electron chi connectivity index (χ3n) is 29.9. The zero-order valence-corrected chi connectivity index (χ0v) is 76.0. The average molecular weight is 1820 g/mol. The van der Waals surface area contributed by atoms with E-state index in [0.29, 0.717) is 142 Å². The average Bonchev–Trinajstić information content (AvgIpc) is 1.59. The maximum atomic E-state index is 14.7. The normalized spacial score (nSPS) is 31.2. The zero-order valence-electron chi connectivity index (χ0n) is 73.7. The Balaban J connectivity index is 0.000000159. The first-order valence-corrected chi connectivity index (χ1v) is 49.9. The van der Waals surface area contributed by atoms with Gasteiger partial charge >= 0.3 is 23.9 Å². The van der Waals surface area contributed by atoms with E-state index >= 15 is 0 Å². The highest BCUT2D eigenvalue weighted by atomic mass is 35.5. The van der Waals surface area contributed by atoms with E-state index in [-0.39, 0.29) is 122 Å². The fourth-order valence-corrected chi connectivity index (χ4v) is 22.8. The molecular formula is C98H125Cl2N7O20S. The second-order valence-electron chi connectivity index (χ2n) is 39.2. The first-order valence-electron chi connectivity index (χ1n) is 47.5. The summed E-state index contributed by atoms with van der Waals surface area (Å²) in [4.78, 5) is 128. The van der Waals surface area contributed by atoms with Crippen LogP contribution in [0.25, 0.3) is 21.8 Å². The first kappa shape index (κ1) is 91.8. The number of allylic oxidation sites excluding steroid dienone is 2. The maximum absolute atomic E-state index is 14.7. The number of hydrogen-bond acceptors (Lipinski definition) is 23. The van der Waals surface area contributed by atoms with Crippen LogP contribution in [-0.2, 0) is 67.1 Å². The van der Waals surface area contributed by atoms with Crippen LogP contribution < -0.4 is 24.7 Å². The lowest BCUT2D eigenvalue weighted by molar-refractivity contribution is -0.154. The summed E-state index contributed by atoms with van der Waals surface area (Å²) in [6.07, 6.45) is 23.6. The summed E-state index contributed by atoms with van der Waals surface area (Å²) >= 11 is 14.1. The van der Waals surface area contributed by atoms with Gasteiger partial charge < -0.3 is 63.6 Å². The van der Waals surface area contributed by atoms with Crippen molar-refractivity contribution in [1.82, 2.24) is 29.6 Å². The van der Waals surface area contributed by atoms with Crippen molar-refractivity contribution in [3.05, 3.63) is 99.8 Å². The van der Waals surface area contributed by atoms with E-state index in [2.05, 4.69) is 9.80 Å². The quantitative estimate of drug-likeness (QED) is 0.0381. The van der Waals surface area contributed by atoms with Gasteiger partial charge in [-0.25, -0.2) is 8.42 Å². The number of benzene rings is 3. The molecule has 8 saturated carbocycles. The molecule has 19 rings (SSSR count). The molecule has 2 amide bonds. The Morgan fingerprint density at radius 1 is 0.531 bits per heavy atom. The number of ether oxygens (including phenoxy) is 8. The van der Waals surface area contributed by atoms with E-state index in [9.17, 15) is 57.0 Å². The molecule has 6 aliphatic heterocycles. The molecule has 14 aliphatic rings. The summed E-state index contributed by atoms with van der Waals surface area (Å²) in [6, 6.07) is 16.3. The van der Waals surface area contributed by atoms with Crippen molar-refractivity contribution < 1.29 is 94.9 Å². The predicted molar refractivity (Wildman–Crippen MR) is 477 cm³/mol. The van der Waals surface area contributed by atoms with E-state index in [0.717, 1.165) is 185 Å². The summed E-state index contributed by atoms with van der Waals surface area (Å²) < 4.78 is 71.1. The molecular weight excluding hydrogens is 1700 g/mol. The van der Waals surface area contributed by atoms with Gasteiger partial charge in [-0.1, -0.05) is 98.0 Å². The lowest BCUT2D eigenvalue weighted by Gasteiger charge is -2.29. The Bertz CT molecular complexity index is 5060. The van der Waals surface area contributed by atoms with Crippen molar-refractivity contribution in [2.24, 2.45) is 63.9 Å². The van der Waals surface area contributed by atoms with Crippen LogP contribution in [-0.4, -0.2) is 230 Å². The van der Waals surface area contributed by atoms with Gasteiger partial charge in [0.15, 0.2) is 21.4 Å². The van der Waals surface area contributed by atoms with Gasteiger partial charge in [0.05, 0.1) is 91.2 Å². The van der Waals surface area contributed by atoms with Crippen LogP contribution in [0.3, 0.4) is 0 Å². The SMILES string of the molecule is Cc1ccc(S(=O)(=O)CN)cc1.O=C(C[C@H]1CCCCC/C=C\[C@@H]2C[C@@]2(C(=O)O)CC(=O)[C@@H]2C[C@@H](Oc3cc(C4CC4)nc4c(Cl)c(OCCN5CCOCC5)ccc34)CN2C1=O)OC1CC2CC2C1.O=C(C[C@H]1CCCCCCC[C@@H]2C[C@@]2(C(=O)O)CC(=O)[C@@H]2C[C@@H](Oc3cc(C4CC4)nc4c(Cl)c(OCCN5CCOCC5)ccc34)CN2C1=O)OC1CC2CC2C1. The van der Waals surface area contributed by atoms with E-state index < -0.39 is 68.7 Å². The lowest BCUT2D eigenvalue weighted by Crippen LogP contribution is -2.45. The number of halogens is 2. The minimum Gasteiger partial charge on any atom is -0.491 e. The third kappa shape index (κ3) is 22.0. The first-order chi connectivity index (χ1) is 61.9. The molecule has 0 spiro atoms. The number of carboxylic acids is 2. The monoisotopic (exact) mass is 1820 g/mol. The summed E-state index contributed by atoms with van der Waals surface area (Å²) in [7, 11) is -3.24. The van der Waals surface area contributed by atoms with Gasteiger partial charge in [0.25, 0.3) is 0 Å². The Morgan fingerprint density at radius 3 is 1.43 bits per heavy atom. The minimum absolute atomic E-state index is 0.0240. The number of pyridine rings is 2. The van der Waals surface area contributed by atoms with Crippen molar-refractivity contribution in [2.45, 2.75) is 253 Å². The lowest BCUT2D eigenvalue weighted by atomic mass is 9.90. The largest absolute Gasteiger partial charge is 0.491 e. The molecule has 5 aromatic rings. The number of Topliss-reactive ketones (excluding diaryl/α,β-unsaturated/α-hetero) is 2. The second-order valence-corrected chi connectivity index (χ2v) is 42.0. The van der Waals surface area contributed by atoms with Crippen LogP contribution in [0.1, 0.15) is 221 Å².